The summed E-state index contributed by atoms with van der Waals surface area (Å²) in [6.07, 6.45) is 4.56. The average Bonchev–Trinajstić information content (AvgIpc) is 2.30. The van der Waals surface area contributed by atoms with E-state index in [1.807, 2.05) is 36.4 Å². The van der Waals surface area contributed by atoms with Gasteiger partial charge in [-0.3, -0.25) is 0 Å². The lowest BCUT2D eigenvalue weighted by atomic mass is 10.0. The first-order chi connectivity index (χ1) is 6.92. The van der Waals surface area contributed by atoms with Crippen molar-refractivity contribution in [3.8, 4) is 0 Å². The second kappa shape index (κ2) is 3.87. The molecule has 1 radical (unpaired) electrons. The van der Waals surface area contributed by atoms with Gasteiger partial charge in [-0.1, -0.05) is 30.3 Å². The molecule has 0 saturated heterocycles. The third kappa shape index (κ3) is 1.57. The normalized spacial score (nSPS) is 19.7. The van der Waals surface area contributed by atoms with Gasteiger partial charge in [0, 0.05) is 5.57 Å². The molecule has 0 aliphatic carbocycles. The molecule has 1 aliphatic heterocycles. The number of nitrogens with zero attached hydrogens (tertiary/aromatic N) is 2. The SMILES string of the molecule is [N]=NC1OC=CC=C1c1ccccc1. The van der Waals surface area contributed by atoms with E-state index in [1.165, 1.54) is 6.26 Å². The summed E-state index contributed by atoms with van der Waals surface area (Å²) in [4.78, 5) is 0. The maximum atomic E-state index is 8.75. The maximum Gasteiger partial charge on any atom is 0.236 e. The molecule has 1 aliphatic rings. The minimum Gasteiger partial charge on any atom is -0.470 e. The summed E-state index contributed by atoms with van der Waals surface area (Å²) in [5.74, 6) is 0. The highest BCUT2D eigenvalue weighted by Gasteiger charge is 2.16. The number of allylic oxidation sites excluding steroid dienone is 2. The quantitative estimate of drug-likeness (QED) is 0.651. The molecule has 1 heterocycles. The van der Waals surface area contributed by atoms with Crippen molar-refractivity contribution in [2.24, 2.45) is 5.11 Å². The zero-order valence-electron chi connectivity index (χ0n) is 7.50. The number of ether oxygens (including phenoxy) is 1. The maximum absolute atomic E-state index is 8.75. The fourth-order valence-electron chi connectivity index (χ4n) is 1.38. The predicted octanol–water partition coefficient (Wildman–Crippen LogP) is 2.19. The van der Waals surface area contributed by atoms with Crippen LogP contribution in [0.25, 0.3) is 5.57 Å². The minimum atomic E-state index is -0.609. The second-order valence-corrected chi connectivity index (χ2v) is 2.92. The van der Waals surface area contributed by atoms with E-state index in [2.05, 4.69) is 5.11 Å². The minimum absolute atomic E-state index is 0.609. The molecule has 0 amide bonds. The van der Waals surface area contributed by atoms with E-state index in [1.54, 1.807) is 6.08 Å². The molecule has 14 heavy (non-hydrogen) atoms. The van der Waals surface area contributed by atoms with Crippen molar-refractivity contribution in [2.75, 3.05) is 0 Å². The fourth-order valence-corrected chi connectivity index (χ4v) is 1.38. The molecular weight excluding hydrogens is 176 g/mol. The third-order valence-corrected chi connectivity index (χ3v) is 2.04. The smallest absolute Gasteiger partial charge is 0.236 e. The Morgan fingerprint density at radius 3 is 2.71 bits per heavy atom. The molecule has 1 unspecified atom stereocenters. The predicted molar refractivity (Wildman–Crippen MR) is 53.0 cm³/mol. The van der Waals surface area contributed by atoms with Gasteiger partial charge in [-0.15, -0.1) is 5.11 Å². The van der Waals surface area contributed by atoms with Gasteiger partial charge in [-0.25, -0.2) is 0 Å². The number of rotatable bonds is 2. The third-order valence-electron chi connectivity index (χ3n) is 2.04. The van der Waals surface area contributed by atoms with Crippen LogP contribution in [0.1, 0.15) is 5.56 Å². The average molecular weight is 185 g/mol. The molecule has 0 spiro atoms. The summed E-state index contributed by atoms with van der Waals surface area (Å²) in [6, 6.07) is 9.71. The molecule has 2 rings (SSSR count). The van der Waals surface area contributed by atoms with Crippen LogP contribution in [0.3, 0.4) is 0 Å². The highest BCUT2D eigenvalue weighted by Crippen LogP contribution is 2.24. The van der Waals surface area contributed by atoms with Crippen molar-refractivity contribution < 1.29 is 4.74 Å². The van der Waals surface area contributed by atoms with Crippen LogP contribution in [0.5, 0.6) is 0 Å². The van der Waals surface area contributed by atoms with Gasteiger partial charge in [0.05, 0.1) is 6.26 Å². The lowest BCUT2D eigenvalue weighted by molar-refractivity contribution is 0.194. The summed E-state index contributed by atoms with van der Waals surface area (Å²) < 4.78 is 5.13. The zero-order valence-corrected chi connectivity index (χ0v) is 7.50. The van der Waals surface area contributed by atoms with Crippen molar-refractivity contribution in [3.05, 3.63) is 54.3 Å². The molecule has 69 valence electrons. The molecular formula is C11H9N2O. The summed E-state index contributed by atoms with van der Waals surface area (Å²) in [5, 5.41) is 3.16. The Hall–Kier alpha value is -1.90. The summed E-state index contributed by atoms with van der Waals surface area (Å²) >= 11 is 0. The van der Waals surface area contributed by atoms with E-state index in [4.69, 9.17) is 10.3 Å². The molecule has 0 saturated carbocycles. The van der Waals surface area contributed by atoms with Crippen molar-refractivity contribution in [1.29, 1.82) is 0 Å². The van der Waals surface area contributed by atoms with Gasteiger partial charge in [-0.2, -0.15) is 0 Å². The van der Waals surface area contributed by atoms with Crippen molar-refractivity contribution in [1.82, 2.24) is 5.53 Å². The number of benzene rings is 1. The lowest BCUT2D eigenvalue weighted by Gasteiger charge is -2.16. The van der Waals surface area contributed by atoms with Crippen LogP contribution < -0.4 is 5.53 Å². The Labute approximate surface area is 82.2 Å². The monoisotopic (exact) mass is 185 g/mol. The van der Waals surface area contributed by atoms with Crippen LogP contribution in [0.2, 0.25) is 0 Å². The first-order valence-electron chi connectivity index (χ1n) is 4.33. The van der Waals surface area contributed by atoms with E-state index in [0.29, 0.717) is 0 Å². The zero-order chi connectivity index (χ0) is 9.80. The van der Waals surface area contributed by atoms with Gasteiger partial charge in [0.25, 0.3) is 0 Å². The van der Waals surface area contributed by atoms with E-state index < -0.39 is 6.23 Å². The molecule has 1 aromatic rings. The Balaban J connectivity index is 2.37. The van der Waals surface area contributed by atoms with Crippen LogP contribution in [-0.2, 0) is 4.74 Å². The molecule has 1 aromatic carbocycles. The standard InChI is InChI=1S/C11H9N2O/c12-13-11-10(7-4-8-14-11)9-5-2-1-3-6-9/h1-8,11H. The van der Waals surface area contributed by atoms with Gasteiger partial charge < -0.3 is 4.74 Å². The molecule has 0 fully saturated rings. The largest absolute Gasteiger partial charge is 0.470 e. The molecule has 0 aromatic heterocycles. The Morgan fingerprint density at radius 1 is 1.21 bits per heavy atom. The first-order valence-corrected chi connectivity index (χ1v) is 4.33. The molecule has 1 atom stereocenters. The van der Waals surface area contributed by atoms with E-state index >= 15 is 0 Å². The van der Waals surface area contributed by atoms with E-state index in [-0.39, 0.29) is 0 Å². The van der Waals surface area contributed by atoms with Gasteiger partial charge in [0.1, 0.15) is 0 Å². The van der Waals surface area contributed by atoms with Crippen molar-refractivity contribution >= 4 is 5.57 Å². The summed E-state index contributed by atoms with van der Waals surface area (Å²) in [5.41, 5.74) is 10.6. The van der Waals surface area contributed by atoms with Gasteiger partial charge in [0.15, 0.2) is 0 Å². The van der Waals surface area contributed by atoms with Crippen molar-refractivity contribution in [2.45, 2.75) is 6.23 Å². The molecule has 0 bridgehead atoms. The Morgan fingerprint density at radius 2 is 2.00 bits per heavy atom. The number of hydrogen-bond donors (Lipinski definition) is 0. The lowest BCUT2D eigenvalue weighted by Crippen LogP contribution is -2.11. The van der Waals surface area contributed by atoms with E-state index in [9.17, 15) is 0 Å². The van der Waals surface area contributed by atoms with Crippen LogP contribution in [0, 0.1) is 0 Å². The first kappa shape index (κ1) is 8.69. The summed E-state index contributed by atoms with van der Waals surface area (Å²) in [7, 11) is 0. The fraction of sp³-hybridized carbons (Fsp3) is 0.0909. The molecule has 3 nitrogen and oxygen atoms in total. The van der Waals surface area contributed by atoms with Crippen LogP contribution in [0.4, 0.5) is 0 Å². The second-order valence-electron chi connectivity index (χ2n) is 2.92. The summed E-state index contributed by atoms with van der Waals surface area (Å²) in [6.45, 7) is 0. The molecule has 0 N–H and O–H groups in total. The van der Waals surface area contributed by atoms with Crippen LogP contribution in [0.15, 0.2) is 53.9 Å². The van der Waals surface area contributed by atoms with E-state index in [0.717, 1.165) is 11.1 Å². The van der Waals surface area contributed by atoms with Crippen molar-refractivity contribution in [3.63, 3.8) is 0 Å². The Kier molecular flexibility index (Phi) is 2.40. The molecule has 3 heteroatoms. The highest BCUT2D eigenvalue weighted by atomic mass is 16.5. The van der Waals surface area contributed by atoms with Crippen LogP contribution >= 0.6 is 0 Å². The topological polar surface area (TPSA) is 43.9 Å². The highest BCUT2D eigenvalue weighted by molar-refractivity contribution is 5.70. The Bertz CT molecular complexity index is 382. The van der Waals surface area contributed by atoms with Gasteiger partial charge in [0.2, 0.25) is 6.23 Å². The van der Waals surface area contributed by atoms with Gasteiger partial charge >= 0.3 is 0 Å². The van der Waals surface area contributed by atoms with Gasteiger partial charge in [-0.05, 0) is 23.2 Å². The number of hydrogen-bond acceptors (Lipinski definition) is 2. The van der Waals surface area contributed by atoms with Crippen LogP contribution in [-0.4, -0.2) is 6.23 Å².